The zero-order chi connectivity index (χ0) is 15.2. The molecule has 1 amide bonds. The van der Waals surface area contributed by atoms with Gasteiger partial charge in [0.05, 0.1) is 24.1 Å². The van der Waals surface area contributed by atoms with E-state index in [0.29, 0.717) is 22.8 Å². The highest BCUT2D eigenvalue weighted by molar-refractivity contribution is 6.31. The molecule has 1 aromatic rings. The first kappa shape index (κ1) is 16.1. The van der Waals surface area contributed by atoms with Crippen molar-refractivity contribution in [2.45, 2.75) is 25.9 Å². The van der Waals surface area contributed by atoms with E-state index < -0.39 is 0 Å². The largest absolute Gasteiger partial charge is 0.397 e. The van der Waals surface area contributed by atoms with Crippen molar-refractivity contribution in [1.29, 1.82) is 0 Å². The first-order valence-electron chi connectivity index (χ1n) is 7.27. The van der Waals surface area contributed by atoms with Gasteiger partial charge in [0, 0.05) is 31.1 Å². The molecular formula is C15H22ClN3O2. The lowest BCUT2D eigenvalue weighted by molar-refractivity contribution is -0.117. The van der Waals surface area contributed by atoms with Crippen molar-refractivity contribution in [3.63, 3.8) is 0 Å². The van der Waals surface area contributed by atoms with Crippen LogP contribution in [0.25, 0.3) is 0 Å². The molecular weight excluding hydrogens is 290 g/mol. The van der Waals surface area contributed by atoms with Crippen molar-refractivity contribution in [2.75, 3.05) is 37.3 Å². The molecule has 21 heavy (non-hydrogen) atoms. The van der Waals surface area contributed by atoms with Crippen LogP contribution in [0.5, 0.6) is 0 Å². The van der Waals surface area contributed by atoms with E-state index >= 15 is 0 Å². The molecule has 1 fully saturated rings. The van der Waals surface area contributed by atoms with Crippen LogP contribution < -0.4 is 11.1 Å². The van der Waals surface area contributed by atoms with E-state index in [-0.39, 0.29) is 12.0 Å². The normalized spacial score (nSPS) is 19.4. The van der Waals surface area contributed by atoms with Crippen LogP contribution in [-0.2, 0) is 9.53 Å². The van der Waals surface area contributed by atoms with Crippen LogP contribution in [0, 0.1) is 0 Å². The maximum absolute atomic E-state index is 12.0. The molecule has 0 bridgehead atoms. The second-order valence-corrected chi connectivity index (χ2v) is 5.67. The van der Waals surface area contributed by atoms with Crippen molar-refractivity contribution < 1.29 is 9.53 Å². The molecule has 1 aliphatic rings. The molecule has 1 atom stereocenters. The fourth-order valence-corrected chi connectivity index (χ4v) is 2.53. The number of amides is 1. The van der Waals surface area contributed by atoms with E-state index in [0.717, 1.165) is 32.7 Å². The molecule has 116 valence electrons. The first-order valence-corrected chi connectivity index (χ1v) is 7.65. The molecule has 1 unspecified atom stereocenters. The Morgan fingerprint density at radius 2 is 2.38 bits per heavy atom. The summed E-state index contributed by atoms with van der Waals surface area (Å²) in [5, 5.41) is 3.38. The van der Waals surface area contributed by atoms with Crippen LogP contribution in [0.3, 0.4) is 0 Å². The SMILES string of the molecule is CCC1CN(CCC(=O)Nc2ccc(Cl)cc2N)CCO1. The van der Waals surface area contributed by atoms with Crippen molar-refractivity contribution in [3.8, 4) is 0 Å². The van der Waals surface area contributed by atoms with Gasteiger partial charge in [-0.3, -0.25) is 9.69 Å². The maximum Gasteiger partial charge on any atom is 0.225 e. The van der Waals surface area contributed by atoms with Gasteiger partial charge < -0.3 is 15.8 Å². The molecule has 0 saturated carbocycles. The molecule has 0 spiro atoms. The van der Waals surface area contributed by atoms with Gasteiger partial charge >= 0.3 is 0 Å². The van der Waals surface area contributed by atoms with E-state index in [1.54, 1.807) is 18.2 Å². The monoisotopic (exact) mass is 311 g/mol. The summed E-state index contributed by atoms with van der Waals surface area (Å²) in [6.45, 7) is 5.37. The number of hydrogen-bond acceptors (Lipinski definition) is 4. The smallest absolute Gasteiger partial charge is 0.225 e. The summed E-state index contributed by atoms with van der Waals surface area (Å²) >= 11 is 5.83. The Hall–Kier alpha value is -1.30. The summed E-state index contributed by atoms with van der Waals surface area (Å²) in [4.78, 5) is 14.3. The van der Waals surface area contributed by atoms with Gasteiger partial charge in [0.1, 0.15) is 0 Å². The van der Waals surface area contributed by atoms with Gasteiger partial charge in [-0.15, -0.1) is 0 Å². The Morgan fingerprint density at radius 3 is 3.10 bits per heavy atom. The predicted molar refractivity (Wildman–Crippen MR) is 85.6 cm³/mol. The molecule has 5 nitrogen and oxygen atoms in total. The number of nitrogen functional groups attached to an aromatic ring is 1. The highest BCUT2D eigenvalue weighted by atomic mass is 35.5. The van der Waals surface area contributed by atoms with E-state index in [9.17, 15) is 4.79 Å². The summed E-state index contributed by atoms with van der Waals surface area (Å²) in [5.74, 6) is -0.0384. The van der Waals surface area contributed by atoms with E-state index in [1.807, 2.05) is 0 Å². The number of nitrogens with two attached hydrogens (primary N) is 1. The zero-order valence-electron chi connectivity index (χ0n) is 12.3. The van der Waals surface area contributed by atoms with Crippen LogP contribution in [0.4, 0.5) is 11.4 Å². The molecule has 3 N–H and O–H groups in total. The Morgan fingerprint density at radius 1 is 1.57 bits per heavy atom. The number of rotatable bonds is 5. The fraction of sp³-hybridized carbons (Fsp3) is 0.533. The summed E-state index contributed by atoms with van der Waals surface area (Å²) in [5.41, 5.74) is 6.91. The van der Waals surface area contributed by atoms with Crippen LogP contribution in [0.1, 0.15) is 19.8 Å². The third kappa shape index (κ3) is 4.88. The van der Waals surface area contributed by atoms with Gasteiger partial charge in [-0.2, -0.15) is 0 Å². The molecule has 0 aromatic heterocycles. The quantitative estimate of drug-likeness (QED) is 0.819. The molecule has 1 saturated heterocycles. The Kier molecular flexibility index (Phi) is 5.85. The molecule has 0 aliphatic carbocycles. The molecule has 2 rings (SSSR count). The fourth-order valence-electron chi connectivity index (χ4n) is 2.35. The lowest BCUT2D eigenvalue weighted by Gasteiger charge is -2.32. The Bertz CT molecular complexity index is 496. The minimum Gasteiger partial charge on any atom is -0.397 e. The molecule has 1 heterocycles. The lowest BCUT2D eigenvalue weighted by Crippen LogP contribution is -2.43. The summed E-state index contributed by atoms with van der Waals surface area (Å²) < 4.78 is 5.62. The Balaban J connectivity index is 1.79. The number of nitrogens with one attached hydrogen (secondary N) is 1. The van der Waals surface area contributed by atoms with Crippen molar-refractivity contribution >= 4 is 28.9 Å². The second kappa shape index (κ2) is 7.64. The van der Waals surface area contributed by atoms with Crippen LogP contribution in [0.15, 0.2) is 18.2 Å². The molecule has 0 radical (unpaired) electrons. The van der Waals surface area contributed by atoms with Gasteiger partial charge in [-0.25, -0.2) is 0 Å². The van der Waals surface area contributed by atoms with Crippen molar-refractivity contribution in [1.82, 2.24) is 4.90 Å². The first-order chi connectivity index (χ1) is 10.1. The third-order valence-corrected chi connectivity index (χ3v) is 3.86. The van der Waals surface area contributed by atoms with Crippen molar-refractivity contribution in [3.05, 3.63) is 23.2 Å². The van der Waals surface area contributed by atoms with Crippen molar-refractivity contribution in [2.24, 2.45) is 0 Å². The van der Waals surface area contributed by atoms with E-state index in [4.69, 9.17) is 22.1 Å². The summed E-state index contributed by atoms with van der Waals surface area (Å²) in [6.07, 6.45) is 1.73. The van der Waals surface area contributed by atoms with Gasteiger partial charge in [-0.1, -0.05) is 18.5 Å². The minimum atomic E-state index is -0.0384. The highest BCUT2D eigenvalue weighted by Gasteiger charge is 2.19. The number of carbonyl (C=O) groups excluding carboxylic acids is 1. The number of hydrogen-bond donors (Lipinski definition) is 2. The predicted octanol–water partition coefficient (Wildman–Crippen LogP) is 2.36. The zero-order valence-corrected chi connectivity index (χ0v) is 13.0. The second-order valence-electron chi connectivity index (χ2n) is 5.23. The van der Waals surface area contributed by atoms with Crippen LogP contribution in [0.2, 0.25) is 5.02 Å². The number of benzene rings is 1. The van der Waals surface area contributed by atoms with Gasteiger partial charge in [0.2, 0.25) is 5.91 Å². The number of morpholine rings is 1. The number of halogens is 1. The molecule has 1 aliphatic heterocycles. The molecule has 6 heteroatoms. The van der Waals surface area contributed by atoms with Crippen LogP contribution >= 0.6 is 11.6 Å². The van der Waals surface area contributed by atoms with Gasteiger partial charge in [0.25, 0.3) is 0 Å². The number of anilines is 2. The summed E-state index contributed by atoms with van der Waals surface area (Å²) in [6, 6.07) is 5.06. The van der Waals surface area contributed by atoms with Gasteiger partial charge in [0.15, 0.2) is 0 Å². The Labute approximate surface area is 130 Å². The number of carbonyl (C=O) groups is 1. The van der Waals surface area contributed by atoms with Crippen LogP contribution in [-0.4, -0.2) is 43.2 Å². The highest BCUT2D eigenvalue weighted by Crippen LogP contribution is 2.22. The number of nitrogens with zero attached hydrogens (tertiary/aromatic N) is 1. The lowest BCUT2D eigenvalue weighted by atomic mass is 10.2. The third-order valence-electron chi connectivity index (χ3n) is 3.62. The van der Waals surface area contributed by atoms with E-state index in [2.05, 4.69) is 17.1 Å². The van der Waals surface area contributed by atoms with Gasteiger partial charge in [-0.05, 0) is 24.6 Å². The minimum absolute atomic E-state index is 0.0384. The topological polar surface area (TPSA) is 67.6 Å². The molecule has 1 aromatic carbocycles. The standard InChI is InChI=1S/C15H22ClN3O2/c1-2-12-10-19(7-8-21-12)6-5-15(20)18-14-4-3-11(16)9-13(14)17/h3-4,9,12H,2,5-8,10,17H2,1H3,(H,18,20). The average molecular weight is 312 g/mol. The summed E-state index contributed by atoms with van der Waals surface area (Å²) in [7, 11) is 0. The number of ether oxygens (including phenoxy) is 1. The maximum atomic E-state index is 12.0. The average Bonchev–Trinajstić information content (AvgIpc) is 2.48. The van der Waals surface area contributed by atoms with E-state index in [1.165, 1.54) is 0 Å².